The van der Waals surface area contributed by atoms with Gasteiger partial charge in [-0.05, 0) is 56.7 Å². The summed E-state index contributed by atoms with van der Waals surface area (Å²) < 4.78 is 2.34. The van der Waals surface area contributed by atoms with Crippen LogP contribution >= 0.6 is 11.6 Å². The van der Waals surface area contributed by atoms with Gasteiger partial charge in [0.2, 0.25) is 0 Å². The van der Waals surface area contributed by atoms with Gasteiger partial charge in [-0.15, -0.1) is 0 Å². The Morgan fingerprint density at radius 3 is 2.79 bits per heavy atom. The molecule has 0 saturated heterocycles. The number of fused-ring (bicyclic) bond motifs is 1. The molecule has 1 aliphatic rings. The summed E-state index contributed by atoms with van der Waals surface area (Å²) in [6, 6.07) is 6.29. The lowest BCUT2D eigenvalue weighted by Gasteiger charge is -2.15. The Morgan fingerprint density at radius 2 is 2.00 bits per heavy atom. The first kappa shape index (κ1) is 12.7. The average Bonchev–Trinajstić information content (AvgIpc) is 2.69. The fourth-order valence-corrected chi connectivity index (χ4v) is 3.19. The van der Waals surface area contributed by atoms with E-state index in [1.807, 2.05) is 6.07 Å². The van der Waals surface area contributed by atoms with Gasteiger partial charge in [0.1, 0.15) is 5.82 Å². The second-order valence-electron chi connectivity index (χ2n) is 5.44. The summed E-state index contributed by atoms with van der Waals surface area (Å²) in [5.41, 5.74) is 5.10. The summed E-state index contributed by atoms with van der Waals surface area (Å²) in [6.45, 7) is 5.01. The summed E-state index contributed by atoms with van der Waals surface area (Å²) in [7, 11) is 0. The van der Waals surface area contributed by atoms with Crippen molar-refractivity contribution in [2.45, 2.75) is 46.1 Å². The zero-order valence-electron chi connectivity index (χ0n) is 11.5. The third-order valence-electron chi connectivity index (χ3n) is 3.96. The highest BCUT2D eigenvalue weighted by molar-refractivity contribution is 6.31. The molecule has 100 valence electrons. The van der Waals surface area contributed by atoms with Crippen molar-refractivity contribution in [1.29, 1.82) is 0 Å². The van der Waals surface area contributed by atoms with E-state index in [-0.39, 0.29) is 0 Å². The fourth-order valence-electron chi connectivity index (χ4n) is 2.90. The number of aromatic nitrogens is 2. The number of hydrogen-bond donors (Lipinski definition) is 0. The van der Waals surface area contributed by atoms with Crippen LogP contribution in [0.4, 0.5) is 0 Å². The highest BCUT2D eigenvalue weighted by atomic mass is 35.5. The second-order valence-corrected chi connectivity index (χ2v) is 5.85. The van der Waals surface area contributed by atoms with Gasteiger partial charge in [-0.3, -0.25) is 0 Å². The Morgan fingerprint density at radius 1 is 1.21 bits per heavy atom. The summed E-state index contributed by atoms with van der Waals surface area (Å²) in [5, 5.41) is 0.859. The molecular weight excluding hydrogens is 256 g/mol. The van der Waals surface area contributed by atoms with Crippen LogP contribution in [0, 0.1) is 13.8 Å². The van der Waals surface area contributed by atoms with E-state index in [0.717, 1.165) is 30.2 Å². The van der Waals surface area contributed by atoms with Crippen LogP contribution in [0.15, 0.2) is 18.2 Å². The van der Waals surface area contributed by atoms with Gasteiger partial charge in [0.25, 0.3) is 0 Å². The summed E-state index contributed by atoms with van der Waals surface area (Å²) in [5.74, 6) is 1.11. The minimum Gasteiger partial charge on any atom is -0.328 e. The van der Waals surface area contributed by atoms with E-state index < -0.39 is 0 Å². The Hall–Kier alpha value is -1.28. The summed E-state index contributed by atoms with van der Waals surface area (Å²) in [4.78, 5) is 4.71. The summed E-state index contributed by atoms with van der Waals surface area (Å²) >= 11 is 6.35. The zero-order chi connectivity index (χ0) is 13.4. The molecule has 0 N–H and O–H groups in total. The Balaban J connectivity index is 1.97. The van der Waals surface area contributed by atoms with E-state index in [0.29, 0.717) is 0 Å². The van der Waals surface area contributed by atoms with Gasteiger partial charge in [0.15, 0.2) is 0 Å². The number of halogens is 1. The number of rotatable bonds is 2. The van der Waals surface area contributed by atoms with Crippen LogP contribution < -0.4 is 0 Å². The Bertz CT molecular complexity index is 613. The van der Waals surface area contributed by atoms with Gasteiger partial charge in [-0.2, -0.15) is 0 Å². The fraction of sp³-hybridized carbons (Fsp3) is 0.438. The molecule has 1 heterocycles. The number of hydrogen-bond acceptors (Lipinski definition) is 1. The predicted octanol–water partition coefficient (Wildman–Crippen LogP) is 4.08. The zero-order valence-corrected chi connectivity index (χ0v) is 12.3. The molecule has 0 radical (unpaired) electrons. The predicted molar refractivity (Wildman–Crippen MR) is 78.9 cm³/mol. The molecule has 1 aromatic heterocycles. The standard InChI is InChI=1S/C16H19ClN2/c1-11-7-8-13(14(17)9-11)10-19-12(2)18-15-5-3-4-6-16(15)19/h7-9H,3-6,10H2,1-2H3. The van der Waals surface area contributed by atoms with Gasteiger partial charge in [-0.25, -0.2) is 4.98 Å². The topological polar surface area (TPSA) is 17.8 Å². The SMILES string of the molecule is Cc1ccc(Cn2c(C)nc3c2CCCC3)c(Cl)c1. The van der Waals surface area contributed by atoms with Crippen molar-refractivity contribution >= 4 is 11.6 Å². The lowest BCUT2D eigenvalue weighted by atomic mass is 10.0. The van der Waals surface area contributed by atoms with E-state index >= 15 is 0 Å². The van der Waals surface area contributed by atoms with Crippen molar-refractivity contribution in [3.8, 4) is 0 Å². The molecule has 0 fully saturated rings. The lowest BCUT2D eigenvalue weighted by Crippen LogP contribution is -2.10. The van der Waals surface area contributed by atoms with Gasteiger partial charge >= 0.3 is 0 Å². The van der Waals surface area contributed by atoms with Crippen molar-refractivity contribution in [3.05, 3.63) is 51.6 Å². The molecule has 0 unspecified atom stereocenters. The smallest absolute Gasteiger partial charge is 0.106 e. The third-order valence-corrected chi connectivity index (χ3v) is 4.31. The summed E-state index contributed by atoms with van der Waals surface area (Å²) in [6.07, 6.45) is 4.83. The van der Waals surface area contributed by atoms with E-state index in [1.165, 1.54) is 35.4 Å². The molecule has 1 aromatic carbocycles. The highest BCUT2D eigenvalue weighted by Crippen LogP contribution is 2.25. The normalized spacial score (nSPS) is 14.5. The monoisotopic (exact) mass is 274 g/mol. The van der Waals surface area contributed by atoms with E-state index in [2.05, 4.69) is 30.5 Å². The van der Waals surface area contributed by atoms with Crippen LogP contribution in [0.2, 0.25) is 5.02 Å². The van der Waals surface area contributed by atoms with Crippen molar-refractivity contribution in [3.63, 3.8) is 0 Å². The highest BCUT2D eigenvalue weighted by Gasteiger charge is 2.18. The number of aryl methyl sites for hydroxylation is 3. The molecule has 19 heavy (non-hydrogen) atoms. The quantitative estimate of drug-likeness (QED) is 0.807. The lowest BCUT2D eigenvalue weighted by molar-refractivity contribution is 0.624. The maximum atomic E-state index is 6.35. The van der Waals surface area contributed by atoms with Crippen LogP contribution in [0.25, 0.3) is 0 Å². The van der Waals surface area contributed by atoms with Gasteiger partial charge in [0.05, 0.1) is 12.2 Å². The molecule has 3 heteroatoms. The molecule has 2 aromatic rings. The average molecular weight is 275 g/mol. The van der Waals surface area contributed by atoms with E-state index in [1.54, 1.807) is 0 Å². The van der Waals surface area contributed by atoms with Crippen LogP contribution in [0.5, 0.6) is 0 Å². The number of benzene rings is 1. The molecule has 0 atom stereocenters. The van der Waals surface area contributed by atoms with Crippen LogP contribution in [0.3, 0.4) is 0 Å². The molecule has 0 aliphatic heterocycles. The van der Waals surface area contributed by atoms with Gasteiger partial charge in [-0.1, -0.05) is 23.7 Å². The van der Waals surface area contributed by atoms with Crippen LogP contribution in [-0.4, -0.2) is 9.55 Å². The molecule has 0 amide bonds. The van der Waals surface area contributed by atoms with Crippen LogP contribution in [-0.2, 0) is 19.4 Å². The Labute approximate surface area is 119 Å². The minimum atomic E-state index is 0.841. The first-order valence-corrected chi connectivity index (χ1v) is 7.33. The van der Waals surface area contributed by atoms with Crippen LogP contribution in [0.1, 0.15) is 41.2 Å². The molecule has 0 saturated carbocycles. The van der Waals surface area contributed by atoms with E-state index in [9.17, 15) is 0 Å². The van der Waals surface area contributed by atoms with Crippen molar-refractivity contribution in [2.24, 2.45) is 0 Å². The number of nitrogens with zero attached hydrogens (tertiary/aromatic N) is 2. The molecule has 0 spiro atoms. The van der Waals surface area contributed by atoms with Crippen molar-refractivity contribution < 1.29 is 0 Å². The first-order valence-electron chi connectivity index (χ1n) is 6.95. The molecule has 2 nitrogen and oxygen atoms in total. The maximum absolute atomic E-state index is 6.35. The van der Waals surface area contributed by atoms with E-state index in [4.69, 9.17) is 16.6 Å². The van der Waals surface area contributed by atoms with Crippen molar-refractivity contribution in [2.75, 3.05) is 0 Å². The minimum absolute atomic E-state index is 0.841. The first-order chi connectivity index (χ1) is 9.15. The van der Waals surface area contributed by atoms with Gasteiger partial charge in [0, 0.05) is 10.7 Å². The molecule has 1 aliphatic carbocycles. The largest absolute Gasteiger partial charge is 0.328 e. The Kier molecular flexibility index (Phi) is 3.36. The molecule has 0 bridgehead atoms. The third kappa shape index (κ3) is 2.42. The number of imidazole rings is 1. The van der Waals surface area contributed by atoms with Gasteiger partial charge < -0.3 is 4.57 Å². The maximum Gasteiger partial charge on any atom is 0.106 e. The second kappa shape index (κ2) is 5.01. The van der Waals surface area contributed by atoms with Crippen molar-refractivity contribution in [1.82, 2.24) is 9.55 Å². The molecular formula is C16H19ClN2. The molecule has 3 rings (SSSR count).